The third kappa shape index (κ3) is 3.56. The Kier molecular flexibility index (Phi) is 4.98. The SMILES string of the molecule is CC(C)C(c1cc(C2CCNCC2)ccn1)C(C)C. The fourth-order valence-electron chi connectivity index (χ4n) is 3.51. The topological polar surface area (TPSA) is 24.9 Å². The number of nitrogens with zero attached hydrogens (tertiary/aromatic N) is 1. The van der Waals surface area contributed by atoms with Gasteiger partial charge in [0.15, 0.2) is 0 Å². The van der Waals surface area contributed by atoms with Crippen LogP contribution in [0.4, 0.5) is 0 Å². The van der Waals surface area contributed by atoms with Gasteiger partial charge in [-0.05, 0) is 61.4 Å². The van der Waals surface area contributed by atoms with Crippen LogP contribution in [0.25, 0.3) is 0 Å². The minimum Gasteiger partial charge on any atom is -0.317 e. The molecular weight excluding hydrogens is 232 g/mol. The van der Waals surface area contributed by atoms with Crippen LogP contribution in [-0.4, -0.2) is 18.1 Å². The van der Waals surface area contributed by atoms with E-state index in [0.717, 1.165) is 19.0 Å². The van der Waals surface area contributed by atoms with Gasteiger partial charge >= 0.3 is 0 Å². The average Bonchev–Trinajstić information content (AvgIpc) is 2.39. The van der Waals surface area contributed by atoms with Crippen LogP contribution in [0, 0.1) is 11.8 Å². The third-order valence-corrected chi connectivity index (χ3v) is 4.39. The van der Waals surface area contributed by atoms with Crippen LogP contribution in [0.3, 0.4) is 0 Å². The van der Waals surface area contributed by atoms with Gasteiger partial charge in [-0.1, -0.05) is 27.7 Å². The Balaban J connectivity index is 2.22. The van der Waals surface area contributed by atoms with E-state index in [4.69, 9.17) is 0 Å². The molecule has 1 saturated heterocycles. The van der Waals surface area contributed by atoms with Gasteiger partial charge in [-0.15, -0.1) is 0 Å². The maximum absolute atomic E-state index is 4.66. The van der Waals surface area contributed by atoms with E-state index < -0.39 is 0 Å². The molecule has 106 valence electrons. The zero-order valence-electron chi connectivity index (χ0n) is 12.8. The zero-order chi connectivity index (χ0) is 13.8. The molecule has 2 rings (SSSR count). The van der Waals surface area contributed by atoms with Gasteiger partial charge in [0.25, 0.3) is 0 Å². The predicted octanol–water partition coefficient (Wildman–Crippen LogP) is 3.94. The normalized spacial score (nSPS) is 17.6. The highest BCUT2D eigenvalue weighted by Gasteiger charge is 2.22. The molecule has 2 heterocycles. The Morgan fingerprint density at radius 1 is 1.11 bits per heavy atom. The summed E-state index contributed by atoms with van der Waals surface area (Å²) < 4.78 is 0. The first-order valence-electron chi connectivity index (χ1n) is 7.76. The number of piperidine rings is 1. The summed E-state index contributed by atoms with van der Waals surface area (Å²) in [6.45, 7) is 11.5. The van der Waals surface area contributed by atoms with E-state index in [-0.39, 0.29) is 0 Å². The number of rotatable bonds is 4. The zero-order valence-corrected chi connectivity index (χ0v) is 12.8. The van der Waals surface area contributed by atoms with Crippen LogP contribution < -0.4 is 5.32 Å². The van der Waals surface area contributed by atoms with Gasteiger partial charge in [-0.2, -0.15) is 0 Å². The smallest absolute Gasteiger partial charge is 0.0442 e. The van der Waals surface area contributed by atoms with Crippen molar-refractivity contribution in [3.8, 4) is 0 Å². The summed E-state index contributed by atoms with van der Waals surface area (Å²) in [7, 11) is 0. The number of hydrogen-bond donors (Lipinski definition) is 1. The van der Waals surface area contributed by atoms with Gasteiger partial charge in [0, 0.05) is 17.8 Å². The van der Waals surface area contributed by atoms with Crippen LogP contribution >= 0.6 is 0 Å². The minimum absolute atomic E-state index is 0.571. The lowest BCUT2D eigenvalue weighted by Gasteiger charge is -2.27. The van der Waals surface area contributed by atoms with Gasteiger partial charge in [-0.3, -0.25) is 4.98 Å². The molecule has 0 amide bonds. The monoisotopic (exact) mass is 260 g/mol. The minimum atomic E-state index is 0.571. The predicted molar refractivity (Wildman–Crippen MR) is 81.5 cm³/mol. The fourth-order valence-corrected chi connectivity index (χ4v) is 3.51. The van der Waals surface area contributed by atoms with Crippen LogP contribution in [0.2, 0.25) is 0 Å². The van der Waals surface area contributed by atoms with E-state index in [1.165, 1.54) is 24.1 Å². The van der Waals surface area contributed by atoms with Gasteiger partial charge in [-0.25, -0.2) is 0 Å². The van der Waals surface area contributed by atoms with E-state index in [1.807, 2.05) is 6.20 Å². The highest BCUT2D eigenvalue weighted by molar-refractivity contribution is 5.24. The van der Waals surface area contributed by atoms with Gasteiger partial charge in [0.1, 0.15) is 0 Å². The maximum atomic E-state index is 4.66. The van der Waals surface area contributed by atoms with Gasteiger partial charge < -0.3 is 5.32 Å². The molecule has 0 unspecified atom stereocenters. The lowest BCUT2D eigenvalue weighted by atomic mass is 9.81. The molecular formula is C17H28N2. The average molecular weight is 260 g/mol. The number of pyridine rings is 1. The molecule has 2 heteroatoms. The van der Waals surface area contributed by atoms with Gasteiger partial charge in [0.2, 0.25) is 0 Å². The number of nitrogens with one attached hydrogen (secondary N) is 1. The molecule has 1 N–H and O–H groups in total. The molecule has 0 radical (unpaired) electrons. The molecule has 0 bridgehead atoms. The second kappa shape index (κ2) is 6.51. The molecule has 2 nitrogen and oxygen atoms in total. The summed E-state index contributed by atoms with van der Waals surface area (Å²) >= 11 is 0. The lowest BCUT2D eigenvalue weighted by Crippen LogP contribution is -2.26. The molecule has 1 aliphatic rings. The summed E-state index contributed by atoms with van der Waals surface area (Å²) in [5.41, 5.74) is 2.79. The summed E-state index contributed by atoms with van der Waals surface area (Å²) in [6.07, 6.45) is 4.54. The molecule has 1 fully saturated rings. The van der Waals surface area contributed by atoms with Crippen molar-refractivity contribution in [1.29, 1.82) is 0 Å². The number of aromatic nitrogens is 1. The van der Waals surface area contributed by atoms with Crippen molar-refractivity contribution >= 4 is 0 Å². The Bertz CT molecular complexity index is 384. The van der Waals surface area contributed by atoms with Crippen LogP contribution in [0.15, 0.2) is 18.3 Å². The Labute approximate surface area is 118 Å². The van der Waals surface area contributed by atoms with Crippen LogP contribution in [0.1, 0.15) is 63.6 Å². The molecule has 0 atom stereocenters. The second-order valence-electron chi connectivity index (χ2n) is 6.55. The molecule has 0 spiro atoms. The molecule has 1 aromatic heterocycles. The Hall–Kier alpha value is -0.890. The van der Waals surface area contributed by atoms with Crippen molar-refractivity contribution in [3.05, 3.63) is 29.6 Å². The maximum Gasteiger partial charge on any atom is 0.0442 e. The largest absolute Gasteiger partial charge is 0.317 e. The Morgan fingerprint density at radius 2 is 1.74 bits per heavy atom. The van der Waals surface area contributed by atoms with Gasteiger partial charge in [0.05, 0.1) is 0 Å². The Morgan fingerprint density at radius 3 is 2.32 bits per heavy atom. The van der Waals surface area contributed by atoms with Crippen molar-refractivity contribution < 1.29 is 0 Å². The first-order valence-corrected chi connectivity index (χ1v) is 7.76. The second-order valence-corrected chi connectivity index (χ2v) is 6.55. The van der Waals surface area contributed by atoms with Crippen molar-refractivity contribution in [1.82, 2.24) is 10.3 Å². The number of hydrogen-bond acceptors (Lipinski definition) is 2. The van der Waals surface area contributed by atoms with E-state index in [1.54, 1.807) is 0 Å². The standard InChI is InChI=1S/C17H28N2/c1-12(2)17(13(3)4)16-11-15(7-10-19-16)14-5-8-18-9-6-14/h7,10-14,17-18H,5-6,8-9H2,1-4H3. The first-order chi connectivity index (χ1) is 9.09. The van der Waals surface area contributed by atoms with E-state index in [2.05, 4.69) is 50.1 Å². The fraction of sp³-hybridized carbons (Fsp3) is 0.706. The highest BCUT2D eigenvalue weighted by atomic mass is 14.9. The molecule has 0 aliphatic carbocycles. The summed E-state index contributed by atoms with van der Waals surface area (Å²) in [5.74, 6) is 2.59. The molecule has 0 saturated carbocycles. The third-order valence-electron chi connectivity index (χ3n) is 4.39. The molecule has 1 aromatic rings. The van der Waals surface area contributed by atoms with E-state index in [9.17, 15) is 0 Å². The first kappa shape index (κ1) is 14.5. The van der Waals surface area contributed by atoms with E-state index in [0.29, 0.717) is 17.8 Å². The van der Waals surface area contributed by atoms with Crippen molar-refractivity contribution in [2.45, 2.75) is 52.4 Å². The van der Waals surface area contributed by atoms with Crippen molar-refractivity contribution in [2.24, 2.45) is 11.8 Å². The van der Waals surface area contributed by atoms with Crippen LogP contribution in [-0.2, 0) is 0 Å². The highest BCUT2D eigenvalue weighted by Crippen LogP contribution is 2.33. The molecule has 0 aromatic carbocycles. The molecule has 19 heavy (non-hydrogen) atoms. The van der Waals surface area contributed by atoms with Crippen molar-refractivity contribution in [2.75, 3.05) is 13.1 Å². The quantitative estimate of drug-likeness (QED) is 0.887. The van der Waals surface area contributed by atoms with Crippen LogP contribution in [0.5, 0.6) is 0 Å². The summed E-state index contributed by atoms with van der Waals surface area (Å²) in [6, 6.07) is 4.60. The van der Waals surface area contributed by atoms with Crippen molar-refractivity contribution in [3.63, 3.8) is 0 Å². The molecule has 1 aliphatic heterocycles. The van der Waals surface area contributed by atoms with E-state index >= 15 is 0 Å². The summed E-state index contributed by atoms with van der Waals surface area (Å²) in [5, 5.41) is 3.44. The summed E-state index contributed by atoms with van der Waals surface area (Å²) in [4.78, 5) is 4.66. The lowest BCUT2D eigenvalue weighted by molar-refractivity contribution is 0.379.